The van der Waals surface area contributed by atoms with Crippen LogP contribution in [-0.2, 0) is 4.74 Å². The Morgan fingerprint density at radius 3 is 2.70 bits per heavy atom. The third-order valence-corrected chi connectivity index (χ3v) is 2.58. The number of anilines is 1. The van der Waals surface area contributed by atoms with Crippen molar-refractivity contribution in [2.75, 3.05) is 25.1 Å². The van der Waals surface area contributed by atoms with Crippen LogP contribution in [0, 0.1) is 10.1 Å². The highest BCUT2D eigenvalue weighted by Crippen LogP contribution is 2.26. The van der Waals surface area contributed by atoms with E-state index >= 15 is 0 Å². The molecule has 1 unspecified atom stereocenters. The average molecular weight is 282 g/mol. The Balaban J connectivity index is 2.82. The molecule has 0 aliphatic carbocycles. The van der Waals surface area contributed by atoms with Crippen LogP contribution in [0.4, 0.5) is 11.4 Å². The molecule has 0 saturated heterocycles. The van der Waals surface area contributed by atoms with Gasteiger partial charge in [0.05, 0.1) is 17.6 Å². The molecule has 0 amide bonds. The van der Waals surface area contributed by atoms with Crippen molar-refractivity contribution in [2.45, 2.75) is 33.3 Å². The number of hydrogen-bond acceptors (Lipinski definition) is 5. The Bertz CT molecular complexity index is 437. The molecule has 0 bridgehead atoms. The molecule has 1 rings (SSSR count). The maximum absolute atomic E-state index is 10.9. The summed E-state index contributed by atoms with van der Waals surface area (Å²) >= 11 is 0. The summed E-state index contributed by atoms with van der Waals surface area (Å²) in [5, 5.41) is 14.1. The summed E-state index contributed by atoms with van der Waals surface area (Å²) in [7, 11) is 0. The molecule has 1 aromatic carbocycles. The Labute approximate surface area is 119 Å². The Kier molecular flexibility index (Phi) is 6.79. The zero-order chi connectivity index (χ0) is 15.0. The molecule has 0 spiro atoms. The first-order chi connectivity index (χ1) is 9.56. The van der Waals surface area contributed by atoms with E-state index in [2.05, 4.69) is 5.32 Å². The van der Waals surface area contributed by atoms with Gasteiger partial charge in [0.15, 0.2) is 0 Å². The van der Waals surface area contributed by atoms with Crippen molar-refractivity contribution in [1.82, 2.24) is 0 Å². The number of benzene rings is 1. The zero-order valence-corrected chi connectivity index (χ0v) is 12.2. The maximum Gasteiger partial charge on any atom is 0.275 e. The van der Waals surface area contributed by atoms with Gasteiger partial charge in [-0.3, -0.25) is 10.1 Å². The number of hydrogen-bond donors (Lipinski definition) is 1. The molecule has 0 radical (unpaired) electrons. The predicted octanol–water partition coefficient (Wildman–Crippen LogP) is 3.22. The van der Waals surface area contributed by atoms with Gasteiger partial charge in [0.2, 0.25) is 0 Å². The smallest absolute Gasteiger partial charge is 0.275 e. The summed E-state index contributed by atoms with van der Waals surface area (Å²) in [5.41, 5.74) is 0.712. The predicted molar refractivity (Wildman–Crippen MR) is 78.5 cm³/mol. The number of nitrogens with one attached hydrogen (secondary N) is 1. The van der Waals surface area contributed by atoms with Gasteiger partial charge in [-0.05, 0) is 20.3 Å². The molecule has 1 atom stereocenters. The number of nitrogens with zero attached hydrogens (tertiary/aromatic N) is 1. The summed E-state index contributed by atoms with van der Waals surface area (Å²) in [6.45, 7) is 7.64. The van der Waals surface area contributed by atoms with Crippen molar-refractivity contribution in [1.29, 1.82) is 0 Å². The Hall–Kier alpha value is -1.82. The topological polar surface area (TPSA) is 73.6 Å². The fourth-order valence-corrected chi connectivity index (χ4v) is 1.68. The van der Waals surface area contributed by atoms with Gasteiger partial charge in [0.25, 0.3) is 5.69 Å². The van der Waals surface area contributed by atoms with E-state index in [0.29, 0.717) is 24.7 Å². The van der Waals surface area contributed by atoms with Gasteiger partial charge in [-0.1, -0.05) is 6.92 Å². The van der Waals surface area contributed by atoms with Crippen molar-refractivity contribution in [3.05, 3.63) is 28.3 Å². The molecule has 6 nitrogen and oxygen atoms in total. The first-order valence-electron chi connectivity index (χ1n) is 6.84. The highest BCUT2D eigenvalue weighted by Gasteiger charge is 2.12. The van der Waals surface area contributed by atoms with Crippen molar-refractivity contribution in [3.63, 3.8) is 0 Å². The summed E-state index contributed by atoms with van der Waals surface area (Å²) in [4.78, 5) is 10.5. The molecule has 112 valence electrons. The van der Waals surface area contributed by atoms with E-state index in [4.69, 9.17) is 9.47 Å². The molecule has 20 heavy (non-hydrogen) atoms. The van der Waals surface area contributed by atoms with Gasteiger partial charge >= 0.3 is 0 Å². The van der Waals surface area contributed by atoms with Gasteiger partial charge < -0.3 is 14.8 Å². The molecular formula is C14H22N2O4. The van der Waals surface area contributed by atoms with Crippen LogP contribution in [0.2, 0.25) is 0 Å². The summed E-state index contributed by atoms with van der Waals surface area (Å²) < 4.78 is 10.9. The number of nitro groups is 1. The Morgan fingerprint density at radius 1 is 1.35 bits per heavy atom. The Morgan fingerprint density at radius 2 is 2.10 bits per heavy atom. The average Bonchev–Trinajstić information content (AvgIpc) is 2.42. The third-order valence-electron chi connectivity index (χ3n) is 2.58. The molecule has 0 aliphatic rings. The lowest BCUT2D eigenvalue weighted by Crippen LogP contribution is -2.19. The zero-order valence-electron chi connectivity index (χ0n) is 12.2. The highest BCUT2D eigenvalue weighted by atomic mass is 16.6. The van der Waals surface area contributed by atoms with E-state index in [1.165, 1.54) is 12.1 Å². The van der Waals surface area contributed by atoms with Crippen LogP contribution >= 0.6 is 0 Å². The van der Waals surface area contributed by atoms with Crippen LogP contribution in [0.1, 0.15) is 27.2 Å². The summed E-state index contributed by atoms with van der Waals surface area (Å²) in [5.74, 6) is 0.477. The third kappa shape index (κ3) is 5.44. The molecule has 0 fully saturated rings. The highest BCUT2D eigenvalue weighted by molar-refractivity contribution is 5.56. The second-order valence-corrected chi connectivity index (χ2v) is 4.49. The van der Waals surface area contributed by atoms with E-state index in [9.17, 15) is 10.1 Å². The minimum absolute atomic E-state index is 0.0183. The fourth-order valence-electron chi connectivity index (χ4n) is 1.68. The van der Waals surface area contributed by atoms with Crippen molar-refractivity contribution in [3.8, 4) is 5.75 Å². The largest absolute Gasteiger partial charge is 0.488 e. The van der Waals surface area contributed by atoms with E-state index in [1.54, 1.807) is 6.07 Å². The molecule has 1 aromatic rings. The second-order valence-electron chi connectivity index (χ2n) is 4.49. The lowest BCUT2D eigenvalue weighted by atomic mass is 10.2. The second kappa shape index (κ2) is 8.37. The number of nitro benzene ring substituents is 1. The fraction of sp³-hybridized carbons (Fsp3) is 0.571. The SMILES string of the molecule is CCCNc1cc(OC(C)COCC)cc([N+](=O)[O-])c1. The van der Waals surface area contributed by atoms with Crippen molar-refractivity contribution in [2.24, 2.45) is 0 Å². The van der Waals surface area contributed by atoms with Crippen LogP contribution in [0.15, 0.2) is 18.2 Å². The van der Waals surface area contributed by atoms with Crippen LogP contribution in [0.25, 0.3) is 0 Å². The molecule has 0 aliphatic heterocycles. The van der Waals surface area contributed by atoms with Gasteiger partial charge in [-0.15, -0.1) is 0 Å². The van der Waals surface area contributed by atoms with Gasteiger partial charge in [0.1, 0.15) is 11.9 Å². The van der Waals surface area contributed by atoms with E-state index in [1.807, 2.05) is 20.8 Å². The minimum Gasteiger partial charge on any atom is -0.488 e. The maximum atomic E-state index is 10.9. The van der Waals surface area contributed by atoms with Crippen molar-refractivity contribution < 1.29 is 14.4 Å². The van der Waals surface area contributed by atoms with E-state index in [0.717, 1.165) is 13.0 Å². The van der Waals surface area contributed by atoms with Gasteiger partial charge in [-0.2, -0.15) is 0 Å². The lowest BCUT2D eigenvalue weighted by Gasteiger charge is -2.15. The molecule has 1 N–H and O–H groups in total. The van der Waals surface area contributed by atoms with E-state index < -0.39 is 4.92 Å². The molecule has 0 saturated carbocycles. The monoisotopic (exact) mass is 282 g/mol. The van der Waals surface area contributed by atoms with Crippen LogP contribution in [0.5, 0.6) is 5.75 Å². The van der Waals surface area contributed by atoms with Crippen LogP contribution < -0.4 is 10.1 Å². The molecular weight excluding hydrogens is 260 g/mol. The first-order valence-corrected chi connectivity index (χ1v) is 6.84. The number of rotatable bonds is 9. The van der Waals surface area contributed by atoms with Crippen LogP contribution in [-0.4, -0.2) is 30.8 Å². The first kappa shape index (κ1) is 16.2. The molecule has 0 heterocycles. The molecule has 6 heteroatoms. The van der Waals surface area contributed by atoms with Crippen LogP contribution in [0.3, 0.4) is 0 Å². The van der Waals surface area contributed by atoms with E-state index in [-0.39, 0.29) is 11.8 Å². The normalized spacial score (nSPS) is 11.9. The standard InChI is InChI=1S/C14H22N2O4/c1-4-6-15-12-7-13(16(17)18)9-14(8-12)20-11(3)10-19-5-2/h7-9,11,15H,4-6,10H2,1-3H3. The lowest BCUT2D eigenvalue weighted by molar-refractivity contribution is -0.384. The van der Waals surface area contributed by atoms with Crippen molar-refractivity contribution >= 4 is 11.4 Å². The summed E-state index contributed by atoms with van der Waals surface area (Å²) in [6.07, 6.45) is 0.788. The van der Waals surface area contributed by atoms with Gasteiger partial charge in [0, 0.05) is 31.0 Å². The number of ether oxygens (including phenoxy) is 2. The molecule has 0 aromatic heterocycles. The summed E-state index contributed by atoms with van der Waals surface area (Å²) in [6, 6.07) is 4.71. The minimum atomic E-state index is -0.419. The van der Waals surface area contributed by atoms with Gasteiger partial charge in [-0.25, -0.2) is 0 Å². The quantitative estimate of drug-likeness (QED) is 0.556. The number of non-ortho nitro benzene ring substituents is 1.